The average Bonchev–Trinajstić information content (AvgIpc) is 2.61. The first-order valence-electron chi connectivity index (χ1n) is 8.40. The highest BCUT2D eigenvalue weighted by atomic mass is 16.3. The maximum Gasteiger partial charge on any atom is 0.226 e. The first kappa shape index (κ1) is 16.5. The van der Waals surface area contributed by atoms with E-state index in [0.29, 0.717) is 0 Å². The molecule has 1 aliphatic carbocycles. The zero-order chi connectivity index (χ0) is 15.8. The van der Waals surface area contributed by atoms with Gasteiger partial charge in [0.25, 0.3) is 0 Å². The highest BCUT2D eigenvalue weighted by Gasteiger charge is 2.62. The van der Waals surface area contributed by atoms with Gasteiger partial charge in [-0.15, -0.1) is 0 Å². The lowest BCUT2D eigenvalue weighted by atomic mass is 9.62. The standard InChI is InChI=1S/C18H31NO2/c1-6-10-14-16(21)19(5)18(4,17(14,2)3)15(20)13-11-8-7-9-12-13/h8,11,13-15,20H,6-7,9-10,12H2,1-5H3. The fourth-order valence-corrected chi connectivity index (χ4v) is 4.43. The summed E-state index contributed by atoms with van der Waals surface area (Å²) in [4.78, 5) is 14.5. The number of rotatable bonds is 4. The summed E-state index contributed by atoms with van der Waals surface area (Å²) in [5, 5.41) is 11.1. The lowest BCUT2D eigenvalue weighted by Crippen LogP contribution is -2.59. The third-order valence-electron chi connectivity index (χ3n) is 6.35. The monoisotopic (exact) mass is 293 g/mol. The molecule has 2 aliphatic rings. The van der Waals surface area contributed by atoms with Gasteiger partial charge in [0.15, 0.2) is 0 Å². The largest absolute Gasteiger partial charge is 0.390 e. The molecule has 0 aromatic heterocycles. The van der Waals surface area contributed by atoms with Crippen LogP contribution < -0.4 is 0 Å². The van der Waals surface area contributed by atoms with Gasteiger partial charge in [0.05, 0.1) is 11.6 Å². The second-order valence-corrected chi connectivity index (χ2v) is 7.58. The molecule has 1 aliphatic heterocycles. The van der Waals surface area contributed by atoms with Crippen LogP contribution in [0, 0.1) is 17.3 Å². The second-order valence-electron chi connectivity index (χ2n) is 7.58. The minimum atomic E-state index is -0.504. The first-order valence-corrected chi connectivity index (χ1v) is 8.40. The molecule has 1 N–H and O–H groups in total. The minimum absolute atomic E-state index is 0.0136. The van der Waals surface area contributed by atoms with Crippen molar-refractivity contribution in [3.05, 3.63) is 12.2 Å². The second kappa shape index (κ2) is 5.75. The number of likely N-dealkylation sites (N-methyl/N-ethyl adjacent to an activating group) is 1. The van der Waals surface area contributed by atoms with E-state index in [-0.39, 0.29) is 23.2 Å². The Balaban J connectivity index is 2.36. The molecule has 3 nitrogen and oxygen atoms in total. The van der Waals surface area contributed by atoms with Gasteiger partial charge in [-0.1, -0.05) is 39.3 Å². The Morgan fingerprint density at radius 1 is 1.43 bits per heavy atom. The smallest absolute Gasteiger partial charge is 0.226 e. The van der Waals surface area contributed by atoms with E-state index >= 15 is 0 Å². The van der Waals surface area contributed by atoms with Crippen molar-refractivity contribution in [2.75, 3.05) is 7.05 Å². The van der Waals surface area contributed by atoms with E-state index in [1.54, 1.807) is 0 Å². The molecule has 2 rings (SSSR count). The van der Waals surface area contributed by atoms with Crippen molar-refractivity contribution in [1.82, 2.24) is 4.90 Å². The van der Waals surface area contributed by atoms with Gasteiger partial charge in [-0.2, -0.15) is 0 Å². The van der Waals surface area contributed by atoms with Crippen molar-refractivity contribution in [3.63, 3.8) is 0 Å². The summed E-state index contributed by atoms with van der Waals surface area (Å²) in [5.74, 6) is 0.376. The van der Waals surface area contributed by atoms with Crippen LogP contribution in [-0.2, 0) is 4.79 Å². The summed E-state index contributed by atoms with van der Waals surface area (Å²) >= 11 is 0. The average molecular weight is 293 g/mol. The summed E-state index contributed by atoms with van der Waals surface area (Å²) in [6, 6.07) is 0. The van der Waals surface area contributed by atoms with Crippen LogP contribution in [0.5, 0.6) is 0 Å². The molecule has 1 fully saturated rings. The zero-order valence-corrected chi connectivity index (χ0v) is 14.2. The van der Waals surface area contributed by atoms with Crippen LogP contribution in [0.15, 0.2) is 12.2 Å². The van der Waals surface area contributed by atoms with Crippen molar-refractivity contribution < 1.29 is 9.90 Å². The molecule has 1 amide bonds. The molecule has 0 radical (unpaired) electrons. The number of likely N-dealkylation sites (tertiary alicyclic amines) is 1. The predicted molar refractivity (Wildman–Crippen MR) is 85.8 cm³/mol. The Morgan fingerprint density at radius 3 is 2.62 bits per heavy atom. The third-order valence-corrected chi connectivity index (χ3v) is 6.35. The predicted octanol–water partition coefficient (Wildman–Crippen LogP) is 3.38. The molecule has 0 saturated carbocycles. The molecule has 3 heteroatoms. The third kappa shape index (κ3) is 2.34. The molecule has 4 unspecified atom stereocenters. The van der Waals surface area contributed by atoms with Gasteiger partial charge in [-0.25, -0.2) is 0 Å². The highest BCUT2D eigenvalue weighted by molar-refractivity contribution is 5.83. The summed E-state index contributed by atoms with van der Waals surface area (Å²) in [7, 11) is 1.87. The van der Waals surface area contributed by atoms with E-state index in [9.17, 15) is 9.90 Å². The fourth-order valence-electron chi connectivity index (χ4n) is 4.43. The quantitative estimate of drug-likeness (QED) is 0.807. The Kier molecular flexibility index (Phi) is 4.53. The Hall–Kier alpha value is -0.830. The van der Waals surface area contributed by atoms with E-state index < -0.39 is 11.6 Å². The number of carbonyl (C=O) groups is 1. The summed E-state index contributed by atoms with van der Waals surface area (Å²) < 4.78 is 0. The number of aliphatic hydroxyl groups excluding tert-OH is 1. The van der Waals surface area contributed by atoms with Crippen LogP contribution in [0.3, 0.4) is 0 Å². The van der Waals surface area contributed by atoms with Crippen LogP contribution in [0.25, 0.3) is 0 Å². The van der Waals surface area contributed by atoms with E-state index in [1.807, 2.05) is 11.9 Å². The molecule has 120 valence electrons. The molecule has 0 aromatic rings. The van der Waals surface area contributed by atoms with Gasteiger partial charge < -0.3 is 10.0 Å². The number of allylic oxidation sites excluding steroid dienone is 1. The number of aliphatic hydroxyl groups is 1. The number of amides is 1. The molecular formula is C18H31NO2. The molecule has 4 atom stereocenters. The molecule has 0 spiro atoms. The van der Waals surface area contributed by atoms with Gasteiger partial charge in [-0.05, 0) is 32.6 Å². The van der Waals surface area contributed by atoms with Gasteiger partial charge in [0.2, 0.25) is 5.91 Å². The van der Waals surface area contributed by atoms with E-state index in [1.165, 1.54) is 0 Å². The Morgan fingerprint density at radius 2 is 2.10 bits per heavy atom. The maximum absolute atomic E-state index is 12.7. The summed E-state index contributed by atoms with van der Waals surface area (Å²) in [6.07, 6.45) is 8.99. The number of carbonyl (C=O) groups excluding carboxylic acids is 1. The van der Waals surface area contributed by atoms with Crippen molar-refractivity contribution in [3.8, 4) is 0 Å². The maximum atomic E-state index is 12.7. The van der Waals surface area contributed by atoms with Gasteiger partial charge >= 0.3 is 0 Å². The zero-order valence-electron chi connectivity index (χ0n) is 14.2. The molecule has 1 saturated heterocycles. The lowest BCUT2D eigenvalue weighted by Gasteiger charge is -2.49. The van der Waals surface area contributed by atoms with Gasteiger partial charge in [0.1, 0.15) is 0 Å². The van der Waals surface area contributed by atoms with Gasteiger partial charge in [0, 0.05) is 24.3 Å². The van der Waals surface area contributed by atoms with E-state index in [0.717, 1.165) is 32.1 Å². The topological polar surface area (TPSA) is 40.5 Å². The molecule has 0 aromatic carbocycles. The minimum Gasteiger partial charge on any atom is -0.390 e. The van der Waals surface area contributed by atoms with Crippen molar-refractivity contribution in [2.45, 2.75) is 71.4 Å². The van der Waals surface area contributed by atoms with Crippen LogP contribution >= 0.6 is 0 Å². The van der Waals surface area contributed by atoms with Crippen LogP contribution in [0.4, 0.5) is 0 Å². The van der Waals surface area contributed by atoms with Crippen LogP contribution in [0.1, 0.15) is 59.8 Å². The molecule has 0 bridgehead atoms. The normalized spacial score (nSPS) is 37.0. The van der Waals surface area contributed by atoms with Gasteiger partial charge in [-0.3, -0.25) is 4.79 Å². The van der Waals surface area contributed by atoms with Crippen molar-refractivity contribution >= 4 is 5.91 Å². The summed E-state index contributed by atoms with van der Waals surface area (Å²) in [6.45, 7) is 8.52. The Bertz CT molecular complexity index is 429. The van der Waals surface area contributed by atoms with Crippen molar-refractivity contribution in [1.29, 1.82) is 0 Å². The van der Waals surface area contributed by atoms with E-state index in [2.05, 4.69) is 39.8 Å². The first-order chi connectivity index (χ1) is 9.78. The SMILES string of the molecule is CCCC1C(=O)N(C)C(C)(C(O)C2C=CCCC2)C1(C)C. The summed E-state index contributed by atoms with van der Waals surface area (Å²) in [5.41, 5.74) is -0.726. The van der Waals surface area contributed by atoms with Crippen LogP contribution in [-0.4, -0.2) is 34.6 Å². The highest BCUT2D eigenvalue weighted by Crippen LogP contribution is 2.53. The van der Waals surface area contributed by atoms with Crippen molar-refractivity contribution in [2.24, 2.45) is 17.3 Å². The lowest BCUT2D eigenvalue weighted by molar-refractivity contribution is -0.135. The Labute approximate surface area is 129 Å². The van der Waals surface area contributed by atoms with Crippen LogP contribution in [0.2, 0.25) is 0 Å². The number of hydrogen-bond acceptors (Lipinski definition) is 2. The number of nitrogens with zero attached hydrogens (tertiary/aromatic N) is 1. The molecule has 21 heavy (non-hydrogen) atoms. The molecular weight excluding hydrogens is 262 g/mol. The fraction of sp³-hybridized carbons (Fsp3) is 0.833. The van der Waals surface area contributed by atoms with E-state index in [4.69, 9.17) is 0 Å². The number of hydrogen-bond donors (Lipinski definition) is 1. The molecule has 1 heterocycles.